The van der Waals surface area contributed by atoms with Crippen LogP contribution in [0.2, 0.25) is 5.02 Å². The smallest absolute Gasteiger partial charge is 0.379 e. The molecule has 2 rings (SSSR count). The number of hydrogen-bond acceptors (Lipinski definition) is 3. The van der Waals surface area contributed by atoms with Crippen molar-refractivity contribution in [1.29, 1.82) is 0 Å². The Morgan fingerprint density at radius 3 is 2.50 bits per heavy atom. The summed E-state index contributed by atoms with van der Waals surface area (Å²) in [6.07, 6.45) is -4.99. The molecule has 0 aromatic heterocycles. The predicted octanol–water partition coefficient (Wildman–Crippen LogP) is 5.20. The van der Waals surface area contributed by atoms with Crippen LogP contribution in [0, 0.1) is 10.1 Å². The van der Waals surface area contributed by atoms with Crippen LogP contribution in [0.15, 0.2) is 42.5 Å². The maximum atomic E-state index is 12.2. The number of nitrogens with zero attached hydrogens (tertiary/aromatic N) is 1. The van der Waals surface area contributed by atoms with Gasteiger partial charge in [0.05, 0.1) is 11.3 Å². The van der Waals surface area contributed by atoms with E-state index in [2.05, 4.69) is 5.32 Å². The first-order valence-corrected chi connectivity index (χ1v) is 7.45. The SMILES string of the molecule is O=[N+]([O-])c1cc(Cc2ccccc2Cl)ccc1NCCC(F)(F)F. The number of nitrogens with one attached hydrogen (secondary N) is 1. The molecular formula is C16H14ClF3N2O2. The number of halogens is 4. The maximum Gasteiger partial charge on any atom is 0.390 e. The Bertz CT molecular complexity index is 736. The lowest BCUT2D eigenvalue weighted by atomic mass is 10.0. The molecule has 0 aliphatic carbocycles. The van der Waals surface area contributed by atoms with Crippen molar-refractivity contribution in [2.24, 2.45) is 0 Å². The fourth-order valence-electron chi connectivity index (χ4n) is 2.19. The van der Waals surface area contributed by atoms with E-state index in [4.69, 9.17) is 11.6 Å². The molecule has 128 valence electrons. The number of benzene rings is 2. The average molecular weight is 359 g/mol. The van der Waals surface area contributed by atoms with Crippen molar-refractivity contribution in [2.45, 2.75) is 19.0 Å². The molecule has 1 N–H and O–H groups in total. The number of anilines is 1. The molecular weight excluding hydrogens is 345 g/mol. The highest BCUT2D eigenvalue weighted by molar-refractivity contribution is 6.31. The zero-order valence-corrected chi connectivity index (χ0v) is 13.2. The van der Waals surface area contributed by atoms with Gasteiger partial charge in [0.1, 0.15) is 5.69 Å². The van der Waals surface area contributed by atoms with Crippen LogP contribution < -0.4 is 5.32 Å². The van der Waals surface area contributed by atoms with Crippen molar-refractivity contribution in [3.63, 3.8) is 0 Å². The highest BCUT2D eigenvalue weighted by Crippen LogP contribution is 2.28. The Morgan fingerprint density at radius 1 is 1.17 bits per heavy atom. The summed E-state index contributed by atoms with van der Waals surface area (Å²) in [4.78, 5) is 10.6. The summed E-state index contributed by atoms with van der Waals surface area (Å²) < 4.78 is 36.5. The van der Waals surface area contributed by atoms with Gasteiger partial charge in [0.2, 0.25) is 0 Å². The number of alkyl halides is 3. The molecule has 0 saturated carbocycles. The van der Waals surface area contributed by atoms with Crippen LogP contribution in [0.1, 0.15) is 17.5 Å². The van der Waals surface area contributed by atoms with Gasteiger partial charge in [0.25, 0.3) is 5.69 Å². The zero-order valence-electron chi connectivity index (χ0n) is 12.4. The van der Waals surface area contributed by atoms with Crippen LogP contribution in [-0.2, 0) is 6.42 Å². The third-order valence-corrected chi connectivity index (χ3v) is 3.70. The lowest BCUT2D eigenvalue weighted by molar-refractivity contribution is -0.384. The Kier molecular flexibility index (Phi) is 5.66. The van der Waals surface area contributed by atoms with E-state index in [9.17, 15) is 23.3 Å². The first-order chi connectivity index (χ1) is 11.3. The van der Waals surface area contributed by atoms with Crippen molar-refractivity contribution in [2.75, 3.05) is 11.9 Å². The minimum atomic E-state index is -4.31. The van der Waals surface area contributed by atoms with Crippen LogP contribution in [0.5, 0.6) is 0 Å². The van der Waals surface area contributed by atoms with Crippen molar-refractivity contribution < 1.29 is 18.1 Å². The van der Waals surface area contributed by atoms with Gasteiger partial charge in [-0.2, -0.15) is 13.2 Å². The molecule has 0 amide bonds. The summed E-state index contributed by atoms with van der Waals surface area (Å²) >= 11 is 6.07. The van der Waals surface area contributed by atoms with Crippen molar-refractivity contribution in [3.05, 3.63) is 68.7 Å². The molecule has 0 bridgehead atoms. The topological polar surface area (TPSA) is 55.2 Å². The highest BCUT2D eigenvalue weighted by atomic mass is 35.5. The number of rotatable bonds is 6. The summed E-state index contributed by atoms with van der Waals surface area (Å²) in [5, 5.41) is 14.2. The summed E-state index contributed by atoms with van der Waals surface area (Å²) in [6.45, 7) is -0.422. The Labute approximate surface area is 141 Å². The van der Waals surface area contributed by atoms with E-state index in [0.29, 0.717) is 17.0 Å². The molecule has 2 aromatic rings. The van der Waals surface area contributed by atoms with Gasteiger partial charge < -0.3 is 5.32 Å². The standard InChI is InChI=1S/C16H14ClF3N2O2/c17-13-4-2-1-3-12(13)9-11-5-6-14(15(10-11)22(23)24)21-8-7-16(18,19)20/h1-6,10,21H,7-9H2. The maximum absolute atomic E-state index is 12.2. The molecule has 0 aliphatic rings. The summed E-state index contributed by atoms with van der Waals surface area (Å²) in [5.74, 6) is 0. The summed E-state index contributed by atoms with van der Waals surface area (Å²) in [7, 11) is 0. The van der Waals surface area contributed by atoms with Crippen LogP contribution in [0.3, 0.4) is 0 Å². The van der Waals surface area contributed by atoms with E-state index in [0.717, 1.165) is 5.56 Å². The monoisotopic (exact) mass is 358 g/mol. The van der Waals surface area contributed by atoms with E-state index >= 15 is 0 Å². The first-order valence-electron chi connectivity index (χ1n) is 7.07. The zero-order chi connectivity index (χ0) is 17.7. The Hall–Kier alpha value is -2.28. The lowest BCUT2D eigenvalue weighted by Gasteiger charge is -2.11. The van der Waals surface area contributed by atoms with Gasteiger partial charge in [-0.25, -0.2) is 0 Å². The van der Waals surface area contributed by atoms with Crippen LogP contribution >= 0.6 is 11.6 Å². The van der Waals surface area contributed by atoms with E-state index in [1.54, 1.807) is 18.2 Å². The molecule has 0 fully saturated rings. The van der Waals surface area contributed by atoms with E-state index in [1.165, 1.54) is 12.1 Å². The van der Waals surface area contributed by atoms with Crippen molar-refractivity contribution >= 4 is 23.0 Å². The molecule has 0 heterocycles. The first kappa shape index (κ1) is 18.1. The van der Waals surface area contributed by atoms with E-state index < -0.39 is 24.1 Å². The van der Waals surface area contributed by atoms with Crippen molar-refractivity contribution in [1.82, 2.24) is 0 Å². The molecule has 24 heavy (non-hydrogen) atoms. The molecule has 0 saturated heterocycles. The molecule has 0 aliphatic heterocycles. The third kappa shape index (κ3) is 5.13. The second kappa shape index (κ2) is 7.53. The molecule has 0 spiro atoms. The number of nitro benzene ring substituents is 1. The molecule has 4 nitrogen and oxygen atoms in total. The molecule has 0 radical (unpaired) electrons. The molecule has 0 unspecified atom stereocenters. The van der Waals surface area contributed by atoms with Crippen LogP contribution in [0.25, 0.3) is 0 Å². The van der Waals surface area contributed by atoms with Gasteiger partial charge in [0.15, 0.2) is 0 Å². The third-order valence-electron chi connectivity index (χ3n) is 3.34. The molecule has 2 aromatic carbocycles. The fourth-order valence-corrected chi connectivity index (χ4v) is 2.39. The van der Waals surface area contributed by atoms with Gasteiger partial charge in [-0.1, -0.05) is 35.9 Å². The van der Waals surface area contributed by atoms with Gasteiger partial charge in [-0.05, 0) is 29.7 Å². The summed E-state index contributed by atoms with van der Waals surface area (Å²) in [6, 6.07) is 11.5. The Balaban J connectivity index is 2.17. The lowest BCUT2D eigenvalue weighted by Crippen LogP contribution is -2.15. The van der Waals surface area contributed by atoms with E-state index in [1.807, 2.05) is 12.1 Å². The van der Waals surface area contributed by atoms with Gasteiger partial charge in [0, 0.05) is 17.6 Å². The predicted molar refractivity (Wildman–Crippen MR) is 86.5 cm³/mol. The average Bonchev–Trinajstić information content (AvgIpc) is 2.49. The minimum absolute atomic E-state index is 0.0622. The normalized spacial score (nSPS) is 11.3. The van der Waals surface area contributed by atoms with Crippen LogP contribution in [0.4, 0.5) is 24.5 Å². The molecule has 0 atom stereocenters. The second-order valence-electron chi connectivity index (χ2n) is 5.17. The Morgan fingerprint density at radius 2 is 1.88 bits per heavy atom. The quantitative estimate of drug-likeness (QED) is 0.570. The van der Waals surface area contributed by atoms with Gasteiger partial charge in [-0.3, -0.25) is 10.1 Å². The molecule has 8 heteroatoms. The van der Waals surface area contributed by atoms with E-state index in [-0.39, 0.29) is 11.4 Å². The van der Waals surface area contributed by atoms with Gasteiger partial charge in [-0.15, -0.1) is 0 Å². The summed E-state index contributed by atoms with van der Waals surface area (Å²) in [5.41, 5.74) is 1.26. The minimum Gasteiger partial charge on any atom is -0.379 e. The number of hydrogen-bond donors (Lipinski definition) is 1. The second-order valence-corrected chi connectivity index (χ2v) is 5.58. The fraction of sp³-hybridized carbons (Fsp3) is 0.250. The number of nitro groups is 1. The largest absolute Gasteiger partial charge is 0.390 e. The van der Waals surface area contributed by atoms with Gasteiger partial charge >= 0.3 is 6.18 Å². The highest BCUT2D eigenvalue weighted by Gasteiger charge is 2.26. The van der Waals surface area contributed by atoms with Crippen LogP contribution in [-0.4, -0.2) is 17.6 Å². The van der Waals surface area contributed by atoms with Crippen molar-refractivity contribution in [3.8, 4) is 0 Å².